The van der Waals surface area contributed by atoms with E-state index in [1.165, 1.54) is 46.7 Å². The van der Waals surface area contributed by atoms with Crippen molar-refractivity contribution >= 4 is 21.8 Å². The van der Waals surface area contributed by atoms with Gasteiger partial charge in [0, 0.05) is 29.2 Å². The average molecular weight is 510 g/mol. The molecule has 1 saturated carbocycles. The second-order valence-corrected chi connectivity index (χ2v) is 10.9. The van der Waals surface area contributed by atoms with Gasteiger partial charge in [-0.25, -0.2) is 9.97 Å². The normalized spacial score (nSPS) is 13.7. The molecule has 1 aliphatic rings. The van der Waals surface area contributed by atoms with Crippen LogP contribution in [0.5, 0.6) is 11.6 Å². The van der Waals surface area contributed by atoms with Gasteiger partial charge in [0.1, 0.15) is 11.6 Å². The van der Waals surface area contributed by atoms with Crippen LogP contribution in [0.2, 0.25) is 0 Å². The van der Waals surface area contributed by atoms with Crippen molar-refractivity contribution in [2.45, 2.75) is 44.9 Å². The topological polar surface area (TPSA) is 39.9 Å². The molecule has 6 aromatic rings. The van der Waals surface area contributed by atoms with E-state index in [1.807, 2.05) is 36.7 Å². The molecule has 4 heteroatoms. The van der Waals surface area contributed by atoms with Gasteiger partial charge >= 0.3 is 0 Å². The predicted octanol–water partition coefficient (Wildman–Crippen LogP) is 9.42. The van der Waals surface area contributed by atoms with Crippen LogP contribution < -0.4 is 4.74 Å². The third-order valence-electron chi connectivity index (χ3n) is 8.06. The number of nitrogens with zero attached hydrogens (tertiary/aromatic N) is 3. The monoisotopic (exact) mass is 509 g/mol. The van der Waals surface area contributed by atoms with Crippen molar-refractivity contribution in [3.05, 3.63) is 115 Å². The summed E-state index contributed by atoms with van der Waals surface area (Å²) in [5, 5.41) is 2.47. The lowest BCUT2D eigenvalue weighted by molar-refractivity contribution is 0.419. The van der Waals surface area contributed by atoms with Crippen molar-refractivity contribution in [1.29, 1.82) is 0 Å². The zero-order valence-electron chi connectivity index (χ0n) is 22.3. The number of hydrogen-bond donors (Lipinski definition) is 0. The lowest BCUT2D eigenvalue weighted by Gasteiger charge is -2.26. The Hall–Kier alpha value is -4.44. The first kappa shape index (κ1) is 23.7. The Balaban J connectivity index is 1.32. The smallest absolute Gasteiger partial charge is 0.219 e. The fourth-order valence-electron chi connectivity index (χ4n) is 5.65. The fraction of sp³-hybridized carbons (Fsp3) is 0.200. The van der Waals surface area contributed by atoms with Crippen molar-refractivity contribution in [2.75, 3.05) is 0 Å². The Morgan fingerprint density at radius 3 is 2.41 bits per heavy atom. The molecule has 0 saturated heterocycles. The molecule has 0 unspecified atom stereocenters. The highest BCUT2D eigenvalue weighted by Gasteiger charge is 2.21. The van der Waals surface area contributed by atoms with Crippen molar-refractivity contribution in [1.82, 2.24) is 14.5 Å². The quantitative estimate of drug-likeness (QED) is 0.224. The first-order valence-corrected chi connectivity index (χ1v) is 13.9. The summed E-state index contributed by atoms with van der Waals surface area (Å²) in [5.74, 6) is 3.46. The van der Waals surface area contributed by atoms with Crippen LogP contribution >= 0.6 is 0 Å². The van der Waals surface area contributed by atoms with Crippen LogP contribution in [0.25, 0.3) is 38.8 Å². The molecule has 3 aromatic heterocycles. The first-order valence-electron chi connectivity index (χ1n) is 13.9. The van der Waals surface area contributed by atoms with Crippen LogP contribution in [-0.2, 0) is 0 Å². The molecule has 0 N–H and O–H groups in total. The third kappa shape index (κ3) is 4.36. The molecule has 1 fully saturated rings. The molecular formula is C35H31N3O. The lowest BCUT2D eigenvalue weighted by atomic mass is 9.80. The Morgan fingerprint density at radius 2 is 1.56 bits per heavy atom. The standard InChI is InChI=1S/C35H31N3O/c1-23(2)25-15-18-37-35(22-25)39-29-10-6-9-26(19-29)27-13-14-31-30-11-3-4-12-32(30)38(33(31)20-27)34-21-28(16-17-36-34)24-7-5-8-24/h3-4,6,9-24H,5,7-8H2,1-2H3. The fourth-order valence-corrected chi connectivity index (χ4v) is 5.65. The number of para-hydroxylation sites is 1. The predicted molar refractivity (Wildman–Crippen MR) is 159 cm³/mol. The molecule has 39 heavy (non-hydrogen) atoms. The van der Waals surface area contributed by atoms with E-state index < -0.39 is 0 Å². The van der Waals surface area contributed by atoms with Gasteiger partial charge in [-0.15, -0.1) is 0 Å². The molecule has 1 aliphatic carbocycles. The summed E-state index contributed by atoms with van der Waals surface area (Å²) >= 11 is 0. The Morgan fingerprint density at radius 1 is 0.744 bits per heavy atom. The highest BCUT2D eigenvalue weighted by molar-refractivity contribution is 6.10. The zero-order chi connectivity index (χ0) is 26.3. The number of benzene rings is 3. The number of aromatic nitrogens is 3. The van der Waals surface area contributed by atoms with Crippen LogP contribution in [0, 0.1) is 0 Å². The molecule has 192 valence electrons. The summed E-state index contributed by atoms with van der Waals surface area (Å²) in [4.78, 5) is 9.27. The van der Waals surface area contributed by atoms with Crippen LogP contribution in [-0.4, -0.2) is 14.5 Å². The van der Waals surface area contributed by atoms with Crippen molar-refractivity contribution in [3.8, 4) is 28.6 Å². The Labute approximate surface area is 228 Å². The van der Waals surface area contributed by atoms with E-state index in [1.54, 1.807) is 0 Å². The number of fused-ring (bicyclic) bond motifs is 3. The number of rotatable bonds is 6. The molecule has 0 bridgehead atoms. The van der Waals surface area contributed by atoms with Gasteiger partial charge < -0.3 is 4.74 Å². The van der Waals surface area contributed by atoms with E-state index in [-0.39, 0.29) is 0 Å². The van der Waals surface area contributed by atoms with E-state index >= 15 is 0 Å². The van der Waals surface area contributed by atoms with Crippen molar-refractivity contribution in [2.24, 2.45) is 0 Å². The summed E-state index contributed by atoms with van der Waals surface area (Å²) in [6, 6.07) is 32.1. The minimum absolute atomic E-state index is 0.420. The van der Waals surface area contributed by atoms with E-state index in [0.29, 0.717) is 17.7 Å². The summed E-state index contributed by atoms with van der Waals surface area (Å²) in [5.41, 5.74) is 7.18. The maximum atomic E-state index is 6.19. The molecular weight excluding hydrogens is 478 g/mol. The van der Waals surface area contributed by atoms with Crippen LogP contribution in [0.3, 0.4) is 0 Å². The zero-order valence-corrected chi connectivity index (χ0v) is 22.3. The van der Waals surface area contributed by atoms with Crippen molar-refractivity contribution < 1.29 is 4.74 Å². The van der Waals surface area contributed by atoms with Gasteiger partial charge in [0.25, 0.3) is 0 Å². The molecule has 0 spiro atoms. The van der Waals surface area contributed by atoms with E-state index in [2.05, 4.69) is 90.1 Å². The Kier molecular flexibility index (Phi) is 5.89. The molecule has 0 atom stereocenters. The van der Waals surface area contributed by atoms with Crippen LogP contribution in [0.1, 0.15) is 56.1 Å². The second-order valence-electron chi connectivity index (χ2n) is 10.9. The molecule has 7 rings (SSSR count). The van der Waals surface area contributed by atoms with Gasteiger partial charge in [-0.1, -0.05) is 62.7 Å². The molecule has 0 radical (unpaired) electrons. The SMILES string of the molecule is CC(C)c1ccnc(Oc2cccc(-c3ccc4c5ccccc5n(-c5cc(C6CCC6)ccn5)c4c3)c2)c1. The number of hydrogen-bond acceptors (Lipinski definition) is 3. The second kappa shape index (κ2) is 9.70. The minimum Gasteiger partial charge on any atom is -0.439 e. The number of pyridine rings is 2. The number of ether oxygens (including phenoxy) is 1. The van der Waals surface area contributed by atoms with Crippen molar-refractivity contribution in [3.63, 3.8) is 0 Å². The molecule has 4 nitrogen and oxygen atoms in total. The highest BCUT2D eigenvalue weighted by Crippen LogP contribution is 2.39. The lowest BCUT2D eigenvalue weighted by Crippen LogP contribution is -2.09. The summed E-state index contributed by atoms with van der Waals surface area (Å²) in [6.45, 7) is 4.35. The third-order valence-corrected chi connectivity index (χ3v) is 8.06. The van der Waals surface area contributed by atoms with Gasteiger partial charge in [0.2, 0.25) is 5.88 Å². The molecule has 0 aliphatic heterocycles. The maximum Gasteiger partial charge on any atom is 0.219 e. The minimum atomic E-state index is 0.420. The van der Waals surface area contributed by atoms with Gasteiger partial charge in [0.15, 0.2) is 0 Å². The van der Waals surface area contributed by atoms with Crippen LogP contribution in [0.4, 0.5) is 0 Å². The molecule has 0 amide bonds. The Bertz CT molecular complexity index is 1810. The molecule has 3 heterocycles. The largest absolute Gasteiger partial charge is 0.439 e. The summed E-state index contributed by atoms with van der Waals surface area (Å²) in [7, 11) is 0. The van der Waals surface area contributed by atoms with Gasteiger partial charge in [-0.05, 0) is 89.4 Å². The van der Waals surface area contributed by atoms with Crippen LogP contribution in [0.15, 0.2) is 103 Å². The summed E-state index contributed by atoms with van der Waals surface area (Å²) < 4.78 is 8.50. The van der Waals surface area contributed by atoms with E-state index in [9.17, 15) is 0 Å². The van der Waals surface area contributed by atoms with E-state index in [4.69, 9.17) is 9.72 Å². The van der Waals surface area contributed by atoms with E-state index in [0.717, 1.165) is 28.2 Å². The average Bonchev–Trinajstić information content (AvgIpc) is 3.26. The van der Waals surface area contributed by atoms with Gasteiger partial charge in [0.05, 0.1) is 11.0 Å². The van der Waals surface area contributed by atoms with Gasteiger partial charge in [-0.2, -0.15) is 0 Å². The maximum absolute atomic E-state index is 6.19. The highest BCUT2D eigenvalue weighted by atomic mass is 16.5. The molecule has 3 aromatic carbocycles. The first-order chi connectivity index (χ1) is 19.1. The van der Waals surface area contributed by atoms with Gasteiger partial charge in [-0.3, -0.25) is 4.57 Å². The summed E-state index contributed by atoms with van der Waals surface area (Å²) in [6.07, 6.45) is 7.65.